The third-order valence-corrected chi connectivity index (χ3v) is 5.52. The molecule has 34 heavy (non-hydrogen) atoms. The number of carboxylic acids is 1. The summed E-state index contributed by atoms with van der Waals surface area (Å²) in [4.78, 5) is 40.4. The Morgan fingerprint density at radius 3 is 2.41 bits per heavy atom. The van der Waals surface area contributed by atoms with Crippen LogP contribution in [0.15, 0.2) is 42.5 Å². The number of piperazine rings is 1. The Labute approximate surface area is 197 Å². The third-order valence-electron chi connectivity index (χ3n) is 5.52. The number of anilines is 2. The number of carbonyl (C=O) groups excluding carboxylic acids is 2. The molecule has 1 aliphatic heterocycles. The molecular weight excluding hydrogens is 443 g/mol. The summed E-state index contributed by atoms with van der Waals surface area (Å²) in [5.74, 6) is -2.06. The number of nitrogens with one attached hydrogen (secondary N) is 2. The number of carboxylic acid groups (broad SMARTS) is 1. The minimum absolute atomic E-state index is 0.0444. The van der Waals surface area contributed by atoms with Crippen LogP contribution in [0.3, 0.4) is 0 Å². The van der Waals surface area contributed by atoms with Gasteiger partial charge in [0.25, 0.3) is 5.91 Å². The number of methoxy groups -OCH3 is 1. The van der Waals surface area contributed by atoms with E-state index in [1.807, 2.05) is 9.80 Å². The third kappa shape index (κ3) is 7.00. The van der Waals surface area contributed by atoms with Gasteiger partial charge in [0.2, 0.25) is 5.91 Å². The van der Waals surface area contributed by atoms with E-state index in [-0.39, 0.29) is 17.0 Å². The lowest BCUT2D eigenvalue weighted by atomic mass is 10.1. The number of rotatable bonds is 10. The Morgan fingerprint density at radius 2 is 1.76 bits per heavy atom. The van der Waals surface area contributed by atoms with Crippen LogP contribution < -0.4 is 15.5 Å². The highest BCUT2D eigenvalue weighted by molar-refractivity contribution is 6.05. The zero-order valence-corrected chi connectivity index (χ0v) is 19.1. The summed E-state index contributed by atoms with van der Waals surface area (Å²) in [5.41, 5.74) is 1.22. The van der Waals surface area contributed by atoms with E-state index < -0.39 is 17.7 Å². The average molecular weight is 473 g/mol. The van der Waals surface area contributed by atoms with Gasteiger partial charge in [-0.1, -0.05) is 0 Å². The van der Waals surface area contributed by atoms with E-state index in [0.717, 1.165) is 6.42 Å². The first-order valence-corrected chi connectivity index (χ1v) is 11.0. The van der Waals surface area contributed by atoms with Crippen LogP contribution in [0.25, 0.3) is 0 Å². The smallest absolute Gasteiger partial charge is 0.337 e. The normalized spacial score (nSPS) is 14.0. The molecule has 2 amide bonds. The van der Waals surface area contributed by atoms with Crippen molar-refractivity contribution in [3.05, 3.63) is 59.4 Å². The SMILES string of the molecule is COCCCNC(=O)CN1CCN(c2ccc(NC(=O)c3ccc(F)cc3)cc2C(=O)O)CC1. The molecule has 0 saturated carbocycles. The molecule has 1 aliphatic rings. The summed E-state index contributed by atoms with van der Waals surface area (Å²) < 4.78 is 18.0. The lowest BCUT2D eigenvalue weighted by molar-refractivity contribution is -0.122. The molecule has 0 unspecified atom stereocenters. The van der Waals surface area contributed by atoms with Gasteiger partial charge in [-0.15, -0.1) is 0 Å². The average Bonchev–Trinajstić information content (AvgIpc) is 2.83. The molecule has 1 heterocycles. The van der Waals surface area contributed by atoms with Crippen molar-refractivity contribution in [2.45, 2.75) is 6.42 Å². The number of benzene rings is 2. The molecule has 0 spiro atoms. The first kappa shape index (κ1) is 25.1. The van der Waals surface area contributed by atoms with E-state index in [4.69, 9.17) is 4.74 Å². The van der Waals surface area contributed by atoms with Crippen molar-refractivity contribution in [2.75, 3.05) is 63.2 Å². The number of hydrogen-bond acceptors (Lipinski definition) is 6. The summed E-state index contributed by atoms with van der Waals surface area (Å²) in [5, 5.41) is 15.3. The van der Waals surface area contributed by atoms with Crippen molar-refractivity contribution in [1.29, 1.82) is 0 Å². The molecule has 3 rings (SSSR count). The van der Waals surface area contributed by atoms with Crippen molar-refractivity contribution < 1.29 is 28.6 Å². The highest BCUT2D eigenvalue weighted by Gasteiger charge is 2.23. The Kier molecular flexibility index (Phi) is 8.94. The number of aromatic carboxylic acids is 1. The van der Waals surface area contributed by atoms with Crippen LogP contribution in [0.5, 0.6) is 0 Å². The van der Waals surface area contributed by atoms with Crippen LogP contribution in [-0.4, -0.2) is 80.8 Å². The van der Waals surface area contributed by atoms with Gasteiger partial charge in [-0.05, 0) is 48.9 Å². The fraction of sp³-hybridized carbons (Fsp3) is 0.375. The van der Waals surface area contributed by atoms with Gasteiger partial charge in [0.15, 0.2) is 0 Å². The van der Waals surface area contributed by atoms with Crippen molar-refractivity contribution >= 4 is 29.2 Å². The van der Waals surface area contributed by atoms with Crippen molar-refractivity contribution in [3.63, 3.8) is 0 Å². The molecular formula is C24H29FN4O5. The van der Waals surface area contributed by atoms with Gasteiger partial charge in [0.05, 0.1) is 17.8 Å². The second-order valence-electron chi connectivity index (χ2n) is 7.96. The second-order valence-corrected chi connectivity index (χ2v) is 7.96. The lowest BCUT2D eigenvalue weighted by Gasteiger charge is -2.36. The zero-order valence-electron chi connectivity index (χ0n) is 19.1. The van der Waals surface area contributed by atoms with Gasteiger partial charge in [-0.25, -0.2) is 9.18 Å². The molecule has 0 bridgehead atoms. The monoisotopic (exact) mass is 472 g/mol. The first-order chi connectivity index (χ1) is 16.4. The minimum Gasteiger partial charge on any atom is -0.478 e. The van der Waals surface area contributed by atoms with Gasteiger partial charge in [-0.3, -0.25) is 14.5 Å². The molecule has 10 heteroatoms. The van der Waals surface area contributed by atoms with Crippen molar-refractivity contribution in [3.8, 4) is 0 Å². The predicted octanol–water partition coefficient (Wildman–Crippen LogP) is 2.05. The molecule has 182 valence electrons. The maximum Gasteiger partial charge on any atom is 0.337 e. The summed E-state index contributed by atoms with van der Waals surface area (Å²) in [7, 11) is 1.62. The minimum atomic E-state index is -1.11. The summed E-state index contributed by atoms with van der Waals surface area (Å²) in [6.45, 7) is 3.83. The number of nitrogens with zero attached hydrogens (tertiary/aromatic N) is 2. The van der Waals surface area contributed by atoms with Crippen molar-refractivity contribution in [1.82, 2.24) is 10.2 Å². The van der Waals surface area contributed by atoms with Crippen molar-refractivity contribution in [2.24, 2.45) is 0 Å². The molecule has 0 atom stereocenters. The molecule has 0 radical (unpaired) electrons. The predicted molar refractivity (Wildman–Crippen MR) is 126 cm³/mol. The van der Waals surface area contributed by atoms with Crippen LogP contribution in [-0.2, 0) is 9.53 Å². The van der Waals surface area contributed by atoms with Gasteiger partial charge in [0.1, 0.15) is 5.82 Å². The first-order valence-electron chi connectivity index (χ1n) is 11.0. The standard InChI is InChI=1S/C24H29FN4O5/c1-34-14-2-9-26-22(30)16-28-10-12-29(13-11-28)21-8-7-19(15-20(21)24(32)33)27-23(31)17-3-5-18(25)6-4-17/h3-8,15H,2,9-14,16H2,1H3,(H,26,30)(H,27,31)(H,32,33). The second kappa shape index (κ2) is 12.1. The highest BCUT2D eigenvalue weighted by atomic mass is 19.1. The van der Waals surface area contributed by atoms with E-state index in [1.165, 1.54) is 30.3 Å². The summed E-state index contributed by atoms with van der Waals surface area (Å²) >= 11 is 0. The van der Waals surface area contributed by atoms with E-state index in [0.29, 0.717) is 57.3 Å². The fourth-order valence-electron chi connectivity index (χ4n) is 3.72. The maximum absolute atomic E-state index is 13.1. The molecule has 1 saturated heterocycles. The topological polar surface area (TPSA) is 111 Å². The van der Waals surface area contributed by atoms with E-state index in [9.17, 15) is 23.9 Å². The van der Waals surface area contributed by atoms with Gasteiger partial charge in [-0.2, -0.15) is 0 Å². The van der Waals surface area contributed by atoms with Gasteiger partial charge < -0.3 is 25.4 Å². The molecule has 0 aliphatic carbocycles. The molecule has 1 fully saturated rings. The molecule has 0 aromatic heterocycles. The van der Waals surface area contributed by atoms with Gasteiger partial charge >= 0.3 is 5.97 Å². The largest absolute Gasteiger partial charge is 0.478 e. The molecule has 2 aromatic rings. The van der Waals surface area contributed by atoms with E-state index in [1.54, 1.807) is 19.2 Å². The highest BCUT2D eigenvalue weighted by Crippen LogP contribution is 2.26. The van der Waals surface area contributed by atoms with E-state index in [2.05, 4.69) is 10.6 Å². The number of carbonyl (C=O) groups is 3. The number of ether oxygens (including phenoxy) is 1. The van der Waals surface area contributed by atoms with E-state index >= 15 is 0 Å². The van der Waals surface area contributed by atoms with Crippen LogP contribution in [0.1, 0.15) is 27.1 Å². The molecule has 2 aromatic carbocycles. The molecule has 3 N–H and O–H groups in total. The number of amides is 2. The maximum atomic E-state index is 13.1. The number of hydrogen-bond donors (Lipinski definition) is 3. The van der Waals surface area contributed by atoms with Crippen LogP contribution >= 0.6 is 0 Å². The number of halogens is 1. The Balaban J connectivity index is 1.58. The molecule has 9 nitrogen and oxygen atoms in total. The quantitative estimate of drug-likeness (QED) is 0.454. The zero-order chi connectivity index (χ0) is 24.5. The fourth-order valence-corrected chi connectivity index (χ4v) is 3.72. The lowest BCUT2D eigenvalue weighted by Crippen LogP contribution is -2.50. The van der Waals surface area contributed by atoms with Gasteiger partial charge in [0, 0.05) is 57.7 Å². The summed E-state index contributed by atoms with van der Waals surface area (Å²) in [6.07, 6.45) is 0.758. The Hall–Kier alpha value is -3.50. The van der Waals surface area contributed by atoms with Crippen LogP contribution in [0, 0.1) is 5.82 Å². The summed E-state index contributed by atoms with van der Waals surface area (Å²) in [6, 6.07) is 9.81. The van der Waals surface area contributed by atoms with Crippen LogP contribution in [0.2, 0.25) is 0 Å². The Bertz CT molecular complexity index is 1010. The Morgan fingerprint density at radius 1 is 1.06 bits per heavy atom. The van der Waals surface area contributed by atoms with Crippen LogP contribution in [0.4, 0.5) is 15.8 Å².